The molecular formula is C29H23N3O2. The summed E-state index contributed by atoms with van der Waals surface area (Å²) in [6, 6.07) is 29.1. The Labute approximate surface area is 197 Å². The van der Waals surface area contributed by atoms with Crippen LogP contribution in [0.1, 0.15) is 11.3 Å². The number of methoxy groups -OCH3 is 1. The Kier molecular flexibility index (Phi) is 4.69. The van der Waals surface area contributed by atoms with Crippen LogP contribution in [0.25, 0.3) is 45.2 Å². The Bertz CT molecular complexity index is 1570. The summed E-state index contributed by atoms with van der Waals surface area (Å²) in [7, 11) is 1.42. The molecule has 0 spiro atoms. The molecule has 3 heterocycles. The molecule has 0 bridgehead atoms. The highest BCUT2D eigenvalue weighted by molar-refractivity contribution is 6.00. The number of aryl methyl sites for hydroxylation is 1. The highest BCUT2D eigenvalue weighted by Gasteiger charge is 2.28. The zero-order valence-electron chi connectivity index (χ0n) is 19.0. The number of para-hydroxylation sites is 2. The number of esters is 1. The third-order valence-corrected chi connectivity index (χ3v) is 6.39. The summed E-state index contributed by atoms with van der Waals surface area (Å²) in [4.78, 5) is 12.7. The Hall–Kier alpha value is -4.38. The van der Waals surface area contributed by atoms with E-state index in [1.54, 1.807) is 0 Å². The maximum Gasteiger partial charge on any atom is 0.335 e. The van der Waals surface area contributed by atoms with Crippen LogP contribution >= 0.6 is 0 Å². The van der Waals surface area contributed by atoms with E-state index in [2.05, 4.69) is 54.0 Å². The van der Waals surface area contributed by atoms with Crippen molar-refractivity contribution in [2.75, 3.05) is 7.11 Å². The monoisotopic (exact) mass is 445 g/mol. The maximum atomic E-state index is 12.7. The lowest BCUT2D eigenvalue weighted by Gasteiger charge is -2.13. The number of carbonyl (C=O) groups excluding carboxylic acids is 1. The third-order valence-electron chi connectivity index (χ3n) is 6.39. The van der Waals surface area contributed by atoms with Crippen LogP contribution in [-0.2, 0) is 16.1 Å². The molecule has 0 aliphatic carbocycles. The van der Waals surface area contributed by atoms with Crippen molar-refractivity contribution in [1.29, 1.82) is 0 Å². The van der Waals surface area contributed by atoms with Crippen molar-refractivity contribution in [3.63, 3.8) is 0 Å². The van der Waals surface area contributed by atoms with Gasteiger partial charge in [0.2, 0.25) is 0 Å². The number of fused-ring (bicyclic) bond motifs is 5. The first-order valence-corrected chi connectivity index (χ1v) is 11.3. The first kappa shape index (κ1) is 20.2. The van der Waals surface area contributed by atoms with Gasteiger partial charge in [-0.2, -0.15) is 5.10 Å². The summed E-state index contributed by atoms with van der Waals surface area (Å²) in [5, 5.41) is 6.16. The number of nitrogens with zero attached hydrogens (tertiary/aromatic N) is 3. The Morgan fingerprint density at radius 3 is 2.44 bits per heavy atom. The standard InChI is InChI=1S/C29H23N3O2/c1-19-12-14-20(15-13-19)28-27-24(30-32(28)23-9-4-3-5-10-23)16-22(29(33)34-2)18-31-25-11-7-6-8-21(25)17-26(27)31/h3-17H,18H2,1-2H3. The van der Waals surface area contributed by atoms with Crippen molar-refractivity contribution >= 4 is 22.9 Å². The van der Waals surface area contributed by atoms with E-state index >= 15 is 0 Å². The second-order valence-corrected chi connectivity index (χ2v) is 8.56. The largest absolute Gasteiger partial charge is 0.466 e. The summed E-state index contributed by atoms with van der Waals surface area (Å²) in [6.07, 6.45) is 1.88. The van der Waals surface area contributed by atoms with Gasteiger partial charge < -0.3 is 9.30 Å². The van der Waals surface area contributed by atoms with E-state index < -0.39 is 0 Å². The molecule has 2 aromatic heterocycles. The highest BCUT2D eigenvalue weighted by Crippen LogP contribution is 2.42. The van der Waals surface area contributed by atoms with Crippen LogP contribution in [0.5, 0.6) is 0 Å². The molecule has 0 radical (unpaired) electrons. The van der Waals surface area contributed by atoms with Gasteiger partial charge in [0.15, 0.2) is 0 Å². The van der Waals surface area contributed by atoms with Crippen LogP contribution in [0.3, 0.4) is 0 Å². The zero-order valence-corrected chi connectivity index (χ0v) is 19.0. The van der Waals surface area contributed by atoms with Gasteiger partial charge in [-0.15, -0.1) is 0 Å². The smallest absolute Gasteiger partial charge is 0.335 e. The van der Waals surface area contributed by atoms with Gasteiger partial charge in [0.05, 0.1) is 47.6 Å². The van der Waals surface area contributed by atoms with Gasteiger partial charge in [0.25, 0.3) is 0 Å². The molecule has 1 aliphatic heterocycles. The first-order valence-electron chi connectivity index (χ1n) is 11.3. The van der Waals surface area contributed by atoms with E-state index in [-0.39, 0.29) is 5.97 Å². The number of benzene rings is 3. The van der Waals surface area contributed by atoms with Gasteiger partial charge in [-0.25, -0.2) is 9.48 Å². The third kappa shape index (κ3) is 3.17. The minimum absolute atomic E-state index is 0.345. The first-order chi connectivity index (χ1) is 16.6. The van der Waals surface area contributed by atoms with Crippen LogP contribution in [0.15, 0.2) is 90.5 Å². The fourth-order valence-electron chi connectivity index (χ4n) is 4.75. The molecule has 166 valence electrons. The van der Waals surface area contributed by atoms with Crippen molar-refractivity contribution < 1.29 is 9.53 Å². The molecule has 6 rings (SSSR count). The van der Waals surface area contributed by atoms with Crippen LogP contribution in [-0.4, -0.2) is 27.4 Å². The van der Waals surface area contributed by atoms with Gasteiger partial charge in [-0.05, 0) is 37.3 Å². The molecular weight excluding hydrogens is 422 g/mol. The number of ether oxygens (including phenoxy) is 1. The van der Waals surface area contributed by atoms with Crippen LogP contribution in [0.4, 0.5) is 0 Å². The summed E-state index contributed by atoms with van der Waals surface area (Å²) in [5.41, 5.74) is 8.64. The number of hydrogen-bond acceptors (Lipinski definition) is 3. The Morgan fingerprint density at radius 1 is 0.941 bits per heavy atom. The maximum absolute atomic E-state index is 12.7. The fraction of sp³-hybridized carbons (Fsp3) is 0.103. The van der Waals surface area contributed by atoms with Crippen LogP contribution < -0.4 is 0 Å². The van der Waals surface area contributed by atoms with Crippen molar-refractivity contribution in [2.45, 2.75) is 13.5 Å². The molecule has 0 unspecified atom stereocenters. The van der Waals surface area contributed by atoms with Gasteiger partial charge >= 0.3 is 5.97 Å². The quantitative estimate of drug-likeness (QED) is 0.318. The predicted octanol–water partition coefficient (Wildman–Crippen LogP) is 6.04. The molecule has 0 amide bonds. The molecule has 5 heteroatoms. The second-order valence-electron chi connectivity index (χ2n) is 8.56. The summed E-state index contributed by atoms with van der Waals surface area (Å²) < 4.78 is 9.30. The molecule has 0 saturated carbocycles. The molecule has 5 aromatic rings. The molecule has 0 saturated heterocycles. The van der Waals surface area contributed by atoms with Gasteiger partial charge in [0.1, 0.15) is 0 Å². The SMILES string of the molecule is COC(=O)C1=Cc2nn(-c3ccccc3)c(-c3ccc(C)cc3)c2-c2cc3ccccc3n2C1. The van der Waals surface area contributed by atoms with Crippen LogP contribution in [0, 0.1) is 6.92 Å². The minimum atomic E-state index is -0.345. The van der Waals surface area contributed by atoms with Crippen molar-refractivity contribution in [1.82, 2.24) is 14.3 Å². The molecule has 5 nitrogen and oxygen atoms in total. The number of aromatic nitrogens is 3. The van der Waals surface area contributed by atoms with Crippen molar-refractivity contribution in [2.24, 2.45) is 0 Å². The Morgan fingerprint density at radius 2 is 1.68 bits per heavy atom. The van der Waals surface area contributed by atoms with E-state index in [4.69, 9.17) is 9.84 Å². The van der Waals surface area contributed by atoms with E-state index in [1.165, 1.54) is 12.7 Å². The lowest BCUT2D eigenvalue weighted by Crippen LogP contribution is -2.11. The topological polar surface area (TPSA) is 49.0 Å². The van der Waals surface area contributed by atoms with E-state index in [9.17, 15) is 4.79 Å². The van der Waals surface area contributed by atoms with Crippen molar-refractivity contribution in [3.8, 4) is 28.2 Å². The Balaban J connectivity index is 1.74. The fourth-order valence-corrected chi connectivity index (χ4v) is 4.75. The molecule has 34 heavy (non-hydrogen) atoms. The number of hydrogen-bond donors (Lipinski definition) is 0. The normalized spacial score (nSPS) is 12.6. The number of carbonyl (C=O) groups is 1. The summed E-state index contributed by atoms with van der Waals surface area (Å²) in [6.45, 7) is 2.51. The van der Waals surface area contributed by atoms with E-state index in [0.29, 0.717) is 12.1 Å². The van der Waals surface area contributed by atoms with E-state index in [1.807, 2.05) is 53.2 Å². The number of rotatable bonds is 3. The second kappa shape index (κ2) is 7.89. The molecule has 0 fully saturated rings. The minimum Gasteiger partial charge on any atom is -0.466 e. The van der Waals surface area contributed by atoms with E-state index in [0.717, 1.165) is 44.8 Å². The van der Waals surface area contributed by atoms with Crippen molar-refractivity contribution in [3.05, 3.63) is 102 Å². The molecule has 1 aliphatic rings. The summed E-state index contributed by atoms with van der Waals surface area (Å²) in [5.74, 6) is -0.345. The van der Waals surface area contributed by atoms with Gasteiger partial charge in [-0.1, -0.05) is 66.2 Å². The molecule has 3 aromatic carbocycles. The summed E-state index contributed by atoms with van der Waals surface area (Å²) >= 11 is 0. The lowest BCUT2D eigenvalue weighted by atomic mass is 10.0. The highest BCUT2D eigenvalue weighted by atomic mass is 16.5. The average molecular weight is 446 g/mol. The molecule has 0 atom stereocenters. The molecule has 0 N–H and O–H groups in total. The van der Waals surface area contributed by atoms with Gasteiger partial charge in [-0.3, -0.25) is 0 Å². The average Bonchev–Trinajstić information content (AvgIpc) is 3.38. The van der Waals surface area contributed by atoms with Gasteiger partial charge in [0, 0.05) is 16.5 Å². The zero-order chi connectivity index (χ0) is 23.2. The van der Waals surface area contributed by atoms with Crippen LogP contribution in [0.2, 0.25) is 0 Å². The predicted molar refractivity (Wildman–Crippen MR) is 135 cm³/mol. The lowest BCUT2D eigenvalue weighted by molar-refractivity contribution is -0.136.